The molecule has 0 radical (unpaired) electrons. The van der Waals surface area contributed by atoms with Gasteiger partial charge in [-0.3, -0.25) is 9.59 Å². The van der Waals surface area contributed by atoms with Gasteiger partial charge in [0, 0.05) is 13.1 Å². The Hall–Kier alpha value is -1.06. The molecule has 1 amide bonds. The number of esters is 1. The molecule has 0 aromatic heterocycles. The second-order valence-corrected chi connectivity index (χ2v) is 6.48. The summed E-state index contributed by atoms with van der Waals surface area (Å²) >= 11 is 0. The van der Waals surface area contributed by atoms with Crippen molar-refractivity contribution in [2.24, 2.45) is 17.3 Å². The third-order valence-electron chi connectivity index (χ3n) is 3.56. The number of carbonyl (C=O) groups excluding carboxylic acids is 2. The van der Waals surface area contributed by atoms with Crippen molar-refractivity contribution < 1.29 is 14.3 Å². The van der Waals surface area contributed by atoms with Gasteiger partial charge in [0.1, 0.15) is 5.92 Å². The van der Waals surface area contributed by atoms with Crippen LogP contribution in [0.4, 0.5) is 0 Å². The van der Waals surface area contributed by atoms with E-state index in [9.17, 15) is 9.59 Å². The lowest BCUT2D eigenvalue weighted by atomic mass is 9.79. The summed E-state index contributed by atoms with van der Waals surface area (Å²) in [6, 6.07) is 0.0896. The van der Waals surface area contributed by atoms with Gasteiger partial charge in [0.05, 0.1) is 6.61 Å². The van der Waals surface area contributed by atoms with Crippen LogP contribution >= 0.6 is 0 Å². The normalized spacial score (nSPS) is 15.0. The molecule has 0 aromatic carbocycles. The summed E-state index contributed by atoms with van der Waals surface area (Å²) in [6.07, 6.45) is 0. The average molecular weight is 271 g/mol. The molecule has 0 heterocycles. The van der Waals surface area contributed by atoms with Crippen LogP contribution in [0.1, 0.15) is 48.5 Å². The lowest BCUT2D eigenvalue weighted by Gasteiger charge is -2.35. The van der Waals surface area contributed by atoms with Gasteiger partial charge in [0.15, 0.2) is 0 Å². The van der Waals surface area contributed by atoms with E-state index in [0.717, 1.165) is 0 Å². The van der Waals surface area contributed by atoms with Gasteiger partial charge in [-0.15, -0.1) is 0 Å². The van der Waals surface area contributed by atoms with Crippen LogP contribution in [-0.4, -0.2) is 36.5 Å². The van der Waals surface area contributed by atoms with Crippen molar-refractivity contribution in [2.45, 2.75) is 54.5 Å². The van der Waals surface area contributed by atoms with Crippen LogP contribution in [-0.2, 0) is 14.3 Å². The zero-order valence-electron chi connectivity index (χ0n) is 13.6. The highest BCUT2D eigenvalue weighted by Crippen LogP contribution is 2.29. The quantitative estimate of drug-likeness (QED) is 0.570. The Kier molecular flexibility index (Phi) is 6.53. The highest BCUT2D eigenvalue weighted by Gasteiger charge is 2.41. The Morgan fingerprint density at radius 2 is 1.63 bits per heavy atom. The van der Waals surface area contributed by atoms with Crippen molar-refractivity contribution in [3.63, 3.8) is 0 Å². The maximum atomic E-state index is 12.6. The van der Waals surface area contributed by atoms with Crippen LogP contribution in [0.3, 0.4) is 0 Å². The molecule has 4 heteroatoms. The molecule has 0 saturated carbocycles. The minimum Gasteiger partial charge on any atom is -0.465 e. The van der Waals surface area contributed by atoms with Gasteiger partial charge in [-0.05, 0) is 25.2 Å². The van der Waals surface area contributed by atoms with Crippen LogP contribution in [0, 0.1) is 17.3 Å². The highest BCUT2D eigenvalue weighted by molar-refractivity contribution is 5.98. The topological polar surface area (TPSA) is 46.6 Å². The SMILES string of the molecule is CCOC(=O)C(C(=O)N(C)C(C)C(C)C)C(C)(C)C. The first-order valence-electron chi connectivity index (χ1n) is 6.97. The molecular formula is C15H29NO3. The van der Waals surface area contributed by atoms with Crippen molar-refractivity contribution >= 4 is 11.9 Å². The van der Waals surface area contributed by atoms with Crippen LogP contribution < -0.4 is 0 Å². The van der Waals surface area contributed by atoms with Crippen LogP contribution in [0.5, 0.6) is 0 Å². The molecule has 2 atom stereocenters. The molecule has 19 heavy (non-hydrogen) atoms. The Balaban J connectivity index is 5.18. The number of nitrogens with zero attached hydrogens (tertiary/aromatic N) is 1. The Morgan fingerprint density at radius 3 is 1.95 bits per heavy atom. The van der Waals surface area contributed by atoms with E-state index >= 15 is 0 Å². The van der Waals surface area contributed by atoms with Crippen LogP contribution in [0.15, 0.2) is 0 Å². The minimum atomic E-state index is -0.751. The fourth-order valence-corrected chi connectivity index (χ4v) is 1.90. The van der Waals surface area contributed by atoms with Crippen molar-refractivity contribution in [2.75, 3.05) is 13.7 Å². The van der Waals surface area contributed by atoms with E-state index in [-0.39, 0.29) is 11.9 Å². The molecule has 112 valence electrons. The molecule has 0 bridgehead atoms. The van der Waals surface area contributed by atoms with Gasteiger partial charge in [-0.2, -0.15) is 0 Å². The molecule has 0 aliphatic carbocycles. The zero-order valence-corrected chi connectivity index (χ0v) is 13.6. The molecule has 0 fully saturated rings. The molecule has 0 spiro atoms. The van der Waals surface area contributed by atoms with E-state index in [1.54, 1.807) is 18.9 Å². The van der Waals surface area contributed by atoms with Gasteiger partial charge in [-0.1, -0.05) is 34.6 Å². The molecule has 0 N–H and O–H groups in total. The number of hydrogen-bond acceptors (Lipinski definition) is 3. The Labute approximate surface area is 117 Å². The molecule has 0 aliphatic heterocycles. The summed E-state index contributed by atoms with van der Waals surface area (Å²) in [5.41, 5.74) is -0.450. The van der Waals surface area contributed by atoms with E-state index in [2.05, 4.69) is 13.8 Å². The third kappa shape index (κ3) is 4.84. The molecule has 0 rings (SSSR count). The number of hydrogen-bond donors (Lipinski definition) is 0. The molecule has 0 aliphatic rings. The first kappa shape index (κ1) is 17.9. The van der Waals surface area contributed by atoms with E-state index in [1.165, 1.54) is 0 Å². The molecule has 4 nitrogen and oxygen atoms in total. The first-order valence-corrected chi connectivity index (χ1v) is 6.97. The van der Waals surface area contributed by atoms with E-state index < -0.39 is 17.3 Å². The van der Waals surface area contributed by atoms with Gasteiger partial charge in [0.2, 0.25) is 5.91 Å². The number of ether oxygens (including phenoxy) is 1. The van der Waals surface area contributed by atoms with Crippen molar-refractivity contribution in [1.82, 2.24) is 4.90 Å². The predicted molar refractivity (Wildman–Crippen MR) is 76.6 cm³/mol. The lowest BCUT2D eigenvalue weighted by Crippen LogP contribution is -2.48. The fourth-order valence-electron chi connectivity index (χ4n) is 1.90. The summed E-state index contributed by atoms with van der Waals surface area (Å²) in [4.78, 5) is 26.3. The summed E-state index contributed by atoms with van der Waals surface area (Å²) < 4.78 is 5.06. The van der Waals surface area contributed by atoms with Gasteiger partial charge in [-0.25, -0.2) is 0 Å². The standard InChI is InChI=1S/C15H29NO3/c1-9-19-14(18)12(15(5,6)7)13(17)16(8)11(4)10(2)3/h10-12H,9H2,1-8H3. The highest BCUT2D eigenvalue weighted by atomic mass is 16.5. The molecule has 0 aromatic rings. The van der Waals surface area contributed by atoms with E-state index in [1.807, 2.05) is 27.7 Å². The van der Waals surface area contributed by atoms with Gasteiger partial charge < -0.3 is 9.64 Å². The van der Waals surface area contributed by atoms with E-state index in [0.29, 0.717) is 12.5 Å². The Bertz CT molecular complexity index is 318. The minimum absolute atomic E-state index is 0.0896. The zero-order chi connectivity index (χ0) is 15.4. The molecule has 0 saturated heterocycles. The van der Waals surface area contributed by atoms with Gasteiger partial charge in [0.25, 0.3) is 0 Å². The van der Waals surface area contributed by atoms with Crippen molar-refractivity contribution in [1.29, 1.82) is 0 Å². The smallest absolute Gasteiger partial charge is 0.319 e. The summed E-state index contributed by atoms with van der Waals surface area (Å²) in [7, 11) is 1.75. The predicted octanol–water partition coefficient (Wildman–Crippen LogP) is 2.71. The largest absolute Gasteiger partial charge is 0.465 e. The summed E-state index contributed by atoms with van der Waals surface area (Å²) in [5.74, 6) is -0.995. The molecule has 2 unspecified atom stereocenters. The monoisotopic (exact) mass is 271 g/mol. The number of carbonyl (C=O) groups is 2. The first-order chi connectivity index (χ1) is 8.53. The van der Waals surface area contributed by atoms with E-state index in [4.69, 9.17) is 4.74 Å². The van der Waals surface area contributed by atoms with Crippen LogP contribution in [0.25, 0.3) is 0 Å². The van der Waals surface area contributed by atoms with Crippen molar-refractivity contribution in [3.05, 3.63) is 0 Å². The third-order valence-corrected chi connectivity index (χ3v) is 3.56. The number of amides is 1. The summed E-state index contributed by atoms with van der Waals surface area (Å²) in [6.45, 7) is 13.8. The molecular weight excluding hydrogens is 242 g/mol. The average Bonchev–Trinajstić information content (AvgIpc) is 2.25. The van der Waals surface area contributed by atoms with Gasteiger partial charge >= 0.3 is 5.97 Å². The summed E-state index contributed by atoms with van der Waals surface area (Å²) in [5, 5.41) is 0. The van der Waals surface area contributed by atoms with Crippen LogP contribution in [0.2, 0.25) is 0 Å². The fraction of sp³-hybridized carbons (Fsp3) is 0.867. The second kappa shape index (κ2) is 6.92. The van der Waals surface area contributed by atoms with Crippen molar-refractivity contribution in [3.8, 4) is 0 Å². The number of rotatable bonds is 5. The maximum absolute atomic E-state index is 12.6. The maximum Gasteiger partial charge on any atom is 0.319 e. The lowest BCUT2D eigenvalue weighted by molar-refractivity contribution is -0.161. The Morgan fingerprint density at radius 1 is 1.16 bits per heavy atom. The second-order valence-electron chi connectivity index (χ2n) is 6.48.